The Labute approximate surface area is 320 Å². The Kier molecular flexibility index (Phi) is 8.16. The van der Waals surface area contributed by atoms with E-state index in [-0.39, 0.29) is 0 Å². The molecule has 0 spiro atoms. The zero-order chi connectivity index (χ0) is 36.6. The second kappa shape index (κ2) is 13.9. The van der Waals surface area contributed by atoms with Gasteiger partial charge in [-0.25, -0.2) is 4.98 Å². The summed E-state index contributed by atoms with van der Waals surface area (Å²) in [7, 11) is 0. The van der Waals surface area contributed by atoms with Crippen molar-refractivity contribution in [1.82, 2.24) is 15.0 Å². The quantitative estimate of drug-likeness (QED) is 0.180. The van der Waals surface area contributed by atoms with Crippen LogP contribution in [-0.4, -0.2) is 15.0 Å². The van der Waals surface area contributed by atoms with Gasteiger partial charge in [-0.2, -0.15) is 0 Å². The van der Waals surface area contributed by atoms with Gasteiger partial charge in [0.2, 0.25) is 0 Å². The van der Waals surface area contributed by atoms with Crippen molar-refractivity contribution >= 4 is 21.8 Å². The first-order valence-electron chi connectivity index (χ1n) is 18.6. The average molecular weight is 702 g/mol. The van der Waals surface area contributed by atoms with Crippen LogP contribution in [-0.2, 0) is 0 Å². The minimum Gasteiger partial charge on any atom is -0.353 e. The molecule has 0 aliphatic rings. The zero-order valence-corrected chi connectivity index (χ0v) is 30.0. The molecule has 0 amide bonds. The summed E-state index contributed by atoms with van der Waals surface area (Å²) in [5.74, 6) is 0. The van der Waals surface area contributed by atoms with Gasteiger partial charge < -0.3 is 4.98 Å². The summed E-state index contributed by atoms with van der Waals surface area (Å²) in [6.45, 7) is 0. The lowest BCUT2D eigenvalue weighted by Gasteiger charge is -2.13. The number of pyridine rings is 2. The molecule has 3 heterocycles. The molecule has 258 valence electrons. The SMILES string of the molecule is c1ccc(-c2ccnc(-c3cc(-c4ccccc4)cc4c3[nH]c3c(-c5cc(-c6ccccc6)cc(-c6ccccc6)n5)cc(-c5ccccc5)cc34)c2)cc1. The molecule has 0 aliphatic heterocycles. The maximum absolute atomic E-state index is 5.41. The van der Waals surface area contributed by atoms with E-state index in [1.807, 2.05) is 6.20 Å². The van der Waals surface area contributed by atoms with Crippen LogP contribution >= 0.6 is 0 Å². The number of nitrogens with zero attached hydrogens (tertiary/aromatic N) is 2. The normalized spacial score (nSPS) is 11.3. The van der Waals surface area contributed by atoms with E-state index in [0.29, 0.717) is 0 Å². The summed E-state index contributed by atoms with van der Waals surface area (Å²) in [6, 6.07) is 70.8. The van der Waals surface area contributed by atoms with Crippen molar-refractivity contribution in [2.45, 2.75) is 0 Å². The fourth-order valence-electron chi connectivity index (χ4n) is 7.71. The van der Waals surface area contributed by atoms with Gasteiger partial charge in [-0.15, -0.1) is 0 Å². The molecule has 0 saturated carbocycles. The van der Waals surface area contributed by atoms with Gasteiger partial charge in [-0.05, 0) is 93.0 Å². The number of benzene rings is 7. The molecule has 0 saturated heterocycles. The first kappa shape index (κ1) is 32.3. The number of hydrogen-bond acceptors (Lipinski definition) is 2. The molecule has 3 heteroatoms. The number of aromatic amines is 1. The van der Waals surface area contributed by atoms with Crippen molar-refractivity contribution < 1.29 is 0 Å². The summed E-state index contributed by atoms with van der Waals surface area (Å²) in [5, 5.41) is 2.28. The molecular weight excluding hydrogens is 667 g/mol. The predicted molar refractivity (Wildman–Crippen MR) is 229 cm³/mol. The Balaban J connectivity index is 1.29. The van der Waals surface area contributed by atoms with E-state index in [1.54, 1.807) is 0 Å². The number of rotatable bonds is 7. The smallest absolute Gasteiger partial charge is 0.0737 e. The van der Waals surface area contributed by atoms with Gasteiger partial charge in [0.25, 0.3) is 0 Å². The highest BCUT2D eigenvalue weighted by Crippen LogP contribution is 2.43. The van der Waals surface area contributed by atoms with Gasteiger partial charge in [-0.1, -0.05) is 152 Å². The van der Waals surface area contributed by atoms with E-state index >= 15 is 0 Å². The Morgan fingerprint density at radius 3 is 1.16 bits per heavy atom. The molecule has 7 aromatic carbocycles. The van der Waals surface area contributed by atoms with Gasteiger partial charge in [0.1, 0.15) is 0 Å². The second-order valence-corrected chi connectivity index (χ2v) is 13.9. The van der Waals surface area contributed by atoms with Crippen LogP contribution in [0.25, 0.3) is 100 Å². The fourth-order valence-corrected chi connectivity index (χ4v) is 7.71. The van der Waals surface area contributed by atoms with Crippen molar-refractivity contribution in [1.29, 1.82) is 0 Å². The van der Waals surface area contributed by atoms with Crippen molar-refractivity contribution in [3.8, 4) is 78.3 Å². The van der Waals surface area contributed by atoms with Crippen LogP contribution in [0.3, 0.4) is 0 Å². The van der Waals surface area contributed by atoms with Crippen LogP contribution in [0.15, 0.2) is 206 Å². The van der Waals surface area contributed by atoms with E-state index in [9.17, 15) is 0 Å². The molecule has 10 aromatic rings. The summed E-state index contributed by atoms with van der Waals surface area (Å²) in [5.41, 5.74) is 17.1. The zero-order valence-electron chi connectivity index (χ0n) is 30.0. The molecule has 0 bridgehead atoms. The molecule has 3 nitrogen and oxygen atoms in total. The molecule has 0 radical (unpaired) electrons. The second-order valence-electron chi connectivity index (χ2n) is 13.9. The Hall–Kier alpha value is -7.36. The number of aromatic nitrogens is 3. The summed E-state index contributed by atoms with van der Waals surface area (Å²) in [4.78, 5) is 14.4. The highest BCUT2D eigenvalue weighted by molar-refractivity contribution is 6.17. The van der Waals surface area contributed by atoms with Crippen LogP contribution in [0.2, 0.25) is 0 Å². The van der Waals surface area contributed by atoms with Crippen molar-refractivity contribution in [3.63, 3.8) is 0 Å². The third-order valence-electron chi connectivity index (χ3n) is 10.5. The van der Waals surface area contributed by atoms with Gasteiger partial charge in [0.15, 0.2) is 0 Å². The topological polar surface area (TPSA) is 41.6 Å². The minimum atomic E-state index is 0.906. The van der Waals surface area contributed by atoms with E-state index in [2.05, 4.69) is 205 Å². The molecule has 3 aromatic heterocycles. The number of hydrogen-bond donors (Lipinski definition) is 1. The number of H-pyrrole nitrogens is 1. The Morgan fingerprint density at radius 2 is 0.673 bits per heavy atom. The molecule has 0 atom stereocenters. The Bertz CT molecular complexity index is 2880. The van der Waals surface area contributed by atoms with Gasteiger partial charge in [-0.3, -0.25) is 4.98 Å². The van der Waals surface area contributed by atoms with Crippen LogP contribution in [0.1, 0.15) is 0 Å². The fraction of sp³-hybridized carbons (Fsp3) is 0. The highest BCUT2D eigenvalue weighted by Gasteiger charge is 2.20. The largest absolute Gasteiger partial charge is 0.353 e. The van der Waals surface area contributed by atoms with Crippen molar-refractivity contribution in [2.75, 3.05) is 0 Å². The molecule has 0 fully saturated rings. The summed E-state index contributed by atoms with van der Waals surface area (Å²) in [6.07, 6.45) is 1.92. The molecular formula is C52H35N3. The lowest BCUT2D eigenvalue weighted by atomic mass is 9.93. The van der Waals surface area contributed by atoms with E-state index in [0.717, 1.165) is 100 Å². The summed E-state index contributed by atoms with van der Waals surface area (Å²) < 4.78 is 0. The minimum absolute atomic E-state index is 0.906. The van der Waals surface area contributed by atoms with Crippen LogP contribution in [0.5, 0.6) is 0 Å². The number of fused-ring (bicyclic) bond motifs is 3. The van der Waals surface area contributed by atoms with Crippen LogP contribution in [0.4, 0.5) is 0 Å². The van der Waals surface area contributed by atoms with Gasteiger partial charge in [0, 0.05) is 33.7 Å². The van der Waals surface area contributed by atoms with E-state index in [1.165, 1.54) is 0 Å². The lowest BCUT2D eigenvalue weighted by molar-refractivity contribution is 1.32. The van der Waals surface area contributed by atoms with Crippen molar-refractivity contribution in [3.05, 3.63) is 206 Å². The van der Waals surface area contributed by atoms with Crippen LogP contribution < -0.4 is 0 Å². The molecule has 55 heavy (non-hydrogen) atoms. The maximum Gasteiger partial charge on any atom is 0.0737 e. The predicted octanol–water partition coefficient (Wildman–Crippen LogP) is 13.8. The summed E-state index contributed by atoms with van der Waals surface area (Å²) >= 11 is 0. The first-order valence-corrected chi connectivity index (χ1v) is 18.6. The third-order valence-corrected chi connectivity index (χ3v) is 10.5. The van der Waals surface area contributed by atoms with Gasteiger partial charge in [0.05, 0.1) is 28.1 Å². The standard InChI is InChI=1S/C52H35N3/c1-6-16-35(17-7-1)40-26-27-53-49(32-40)46-30-41(36-18-8-2-9-19-36)28-44-45-29-42(37-20-10-3-11-21-37)31-47(52(45)55-51(44)46)50-34-43(38-22-12-4-13-23-38)33-48(54-50)39-24-14-5-15-25-39/h1-34,55H. The van der Waals surface area contributed by atoms with Gasteiger partial charge >= 0.3 is 0 Å². The molecule has 10 rings (SSSR count). The van der Waals surface area contributed by atoms with Crippen molar-refractivity contribution in [2.24, 2.45) is 0 Å². The molecule has 1 N–H and O–H groups in total. The first-order chi connectivity index (χ1) is 27.2. The van der Waals surface area contributed by atoms with E-state index < -0.39 is 0 Å². The number of nitrogens with one attached hydrogen (secondary N) is 1. The van der Waals surface area contributed by atoms with Crippen LogP contribution in [0, 0.1) is 0 Å². The average Bonchev–Trinajstić information content (AvgIpc) is 3.66. The highest BCUT2D eigenvalue weighted by atomic mass is 14.8. The maximum atomic E-state index is 5.41. The van der Waals surface area contributed by atoms with E-state index in [4.69, 9.17) is 9.97 Å². The molecule has 0 unspecified atom stereocenters. The lowest BCUT2D eigenvalue weighted by Crippen LogP contribution is -1.93. The monoisotopic (exact) mass is 701 g/mol. The third kappa shape index (κ3) is 6.18. The Morgan fingerprint density at radius 1 is 0.291 bits per heavy atom. The molecule has 0 aliphatic carbocycles.